The van der Waals surface area contributed by atoms with Crippen LogP contribution >= 0.6 is 0 Å². The summed E-state index contributed by atoms with van der Waals surface area (Å²) in [6.07, 6.45) is 4.44. The summed E-state index contributed by atoms with van der Waals surface area (Å²) in [5, 5.41) is 7.00. The van der Waals surface area contributed by atoms with Crippen LogP contribution in [0.3, 0.4) is 0 Å². The summed E-state index contributed by atoms with van der Waals surface area (Å²) in [5.74, 6) is 0.00282. The smallest absolute Gasteiger partial charge is 0.246 e. The van der Waals surface area contributed by atoms with Crippen molar-refractivity contribution in [1.82, 2.24) is 20.0 Å². The fourth-order valence-corrected chi connectivity index (χ4v) is 2.58. The molecule has 1 aromatic rings. The summed E-state index contributed by atoms with van der Waals surface area (Å²) in [5.41, 5.74) is 0.0770. The molecule has 2 heterocycles. The highest BCUT2D eigenvalue weighted by atomic mass is 16.2. The van der Waals surface area contributed by atoms with Gasteiger partial charge in [0, 0.05) is 25.4 Å². The fourth-order valence-electron chi connectivity index (χ4n) is 2.58. The van der Waals surface area contributed by atoms with Gasteiger partial charge in [-0.1, -0.05) is 20.3 Å². The molecule has 1 aliphatic heterocycles. The molecule has 0 radical (unpaired) electrons. The van der Waals surface area contributed by atoms with E-state index in [0.717, 1.165) is 12.0 Å². The summed E-state index contributed by atoms with van der Waals surface area (Å²) in [7, 11) is 1.83. The predicted octanol–water partition coefficient (Wildman–Crippen LogP) is 1.07. The first-order valence-corrected chi connectivity index (χ1v) is 7.37. The minimum Gasteiger partial charge on any atom is -0.342 e. The molecule has 1 aromatic heterocycles. The number of nitrogens with zero attached hydrogens (tertiary/aromatic N) is 3. The molecule has 0 aromatic carbocycles. The number of nitrogens with one attached hydrogen (secondary N) is 1. The SMILES string of the molecule is CCC(C)C1NC(=O)C(C)(C)N(Cc2cnn(C)c2)C1=O. The maximum absolute atomic E-state index is 12.8. The van der Waals surface area contributed by atoms with E-state index in [1.807, 2.05) is 27.1 Å². The van der Waals surface area contributed by atoms with Crippen LogP contribution in [0, 0.1) is 5.92 Å². The zero-order valence-electron chi connectivity index (χ0n) is 13.4. The van der Waals surface area contributed by atoms with Crippen molar-refractivity contribution >= 4 is 11.8 Å². The highest BCUT2D eigenvalue weighted by Gasteiger charge is 2.47. The number of amides is 2. The maximum atomic E-state index is 12.8. The molecule has 2 atom stereocenters. The summed E-state index contributed by atoms with van der Waals surface area (Å²) in [6, 6.07) is -0.438. The molecule has 0 aliphatic carbocycles. The molecule has 21 heavy (non-hydrogen) atoms. The lowest BCUT2D eigenvalue weighted by Crippen LogP contribution is -2.69. The van der Waals surface area contributed by atoms with Crippen LogP contribution in [-0.2, 0) is 23.2 Å². The van der Waals surface area contributed by atoms with Crippen LogP contribution in [0.25, 0.3) is 0 Å². The van der Waals surface area contributed by atoms with Crippen molar-refractivity contribution in [3.05, 3.63) is 18.0 Å². The Kier molecular flexibility index (Phi) is 4.07. The summed E-state index contributed by atoms with van der Waals surface area (Å²) in [6.45, 7) is 7.98. The Labute approximate surface area is 125 Å². The third-order valence-corrected chi connectivity index (χ3v) is 4.36. The van der Waals surface area contributed by atoms with E-state index >= 15 is 0 Å². The Morgan fingerprint density at radius 1 is 1.43 bits per heavy atom. The minimum atomic E-state index is -0.850. The topological polar surface area (TPSA) is 67.2 Å². The van der Waals surface area contributed by atoms with Crippen molar-refractivity contribution in [3.63, 3.8) is 0 Å². The van der Waals surface area contributed by atoms with E-state index < -0.39 is 11.6 Å². The average Bonchev–Trinajstić information content (AvgIpc) is 2.84. The second-order valence-corrected chi connectivity index (χ2v) is 6.34. The normalized spacial score (nSPS) is 23.1. The minimum absolute atomic E-state index is 0.0159. The van der Waals surface area contributed by atoms with E-state index in [1.165, 1.54) is 0 Å². The van der Waals surface area contributed by atoms with Crippen LogP contribution in [0.4, 0.5) is 0 Å². The van der Waals surface area contributed by atoms with Crippen LogP contribution in [0.15, 0.2) is 12.4 Å². The van der Waals surface area contributed by atoms with Gasteiger partial charge in [0.1, 0.15) is 11.6 Å². The number of carbonyl (C=O) groups excluding carboxylic acids is 2. The Morgan fingerprint density at radius 3 is 2.62 bits per heavy atom. The lowest BCUT2D eigenvalue weighted by atomic mass is 9.89. The highest BCUT2D eigenvalue weighted by molar-refractivity contribution is 5.99. The van der Waals surface area contributed by atoms with Crippen LogP contribution in [0.1, 0.15) is 39.7 Å². The molecule has 0 spiro atoms. The summed E-state index contributed by atoms with van der Waals surface area (Å²) in [4.78, 5) is 26.8. The maximum Gasteiger partial charge on any atom is 0.246 e. The zero-order chi connectivity index (χ0) is 15.8. The molecule has 116 valence electrons. The molecule has 0 bridgehead atoms. The Bertz CT molecular complexity index is 550. The molecule has 2 rings (SSSR count). The summed E-state index contributed by atoms with van der Waals surface area (Å²) >= 11 is 0. The van der Waals surface area contributed by atoms with Gasteiger partial charge in [0.25, 0.3) is 0 Å². The van der Waals surface area contributed by atoms with Gasteiger partial charge in [-0.05, 0) is 19.8 Å². The lowest BCUT2D eigenvalue weighted by Gasteiger charge is -2.45. The van der Waals surface area contributed by atoms with Gasteiger partial charge in [0.2, 0.25) is 11.8 Å². The van der Waals surface area contributed by atoms with Crippen LogP contribution in [0.2, 0.25) is 0 Å². The standard InChI is InChI=1S/C15H24N4O2/c1-6-10(2)12-13(20)19(15(3,4)14(21)17-12)9-11-7-16-18(5)8-11/h7-8,10,12H,6,9H2,1-5H3,(H,17,21). The number of hydrogen-bond acceptors (Lipinski definition) is 3. The second kappa shape index (κ2) is 5.50. The average molecular weight is 292 g/mol. The first kappa shape index (κ1) is 15.5. The predicted molar refractivity (Wildman–Crippen MR) is 79.2 cm³/mol. The molecule has 6 heteroatoms. The van der Waals surface area contributed by atoms with Gasteiger partial charge >= 0.3 is 0 Å². The number of aryl methyl sites for hydroxylation is 1. The van der Waals surface area contributed by atoms with E-state index in [2.05, 4.69) is 10.4 Å². The van der Waals surface area contributed by atoms with Gasteiger partial charge in [0.15, 0.2) is 0 Å². The van der Waals surface area contributed by atoms with Crippen molar-refractivity contribution in [2.45, 2.75) is 52.2 Å². The first-order valence-electron chi connectivity index (χ1n) is 7.37. The molecular weight excluding hydrogens is 268 g/mol. The Balaban J connectivity index is 2.29. The number of hydrogen-bond donors (Lipinski definition) is 1. The molecule has 1 fully saturated rings. The van der Waals surface area contributed by atoms with Crippen molar-refractivity contribution < 1.29 is 9.59 Å². The molecule has 1 aliphatic rings. The first-order chi connectivity index (χ1) is 9.77. The van der Waals surface area contributed by atoms with E-state index in [-0.39, 0.29) is 17.7 Å². The largest absolute Gasteiger partial charge is 0.342 e. The van der Waals surface area contributed by atoms with Crippen molar-refractivity contribution in [1.29, 1.82) is 0 Å². The second-order valence-electron chi connectivity index (χ2n) is 6.34. The quantitative estimate of drug-likeness (QED) is 0.902. The van der Waals surface area contributed by atoms with Gasteiger partial charge < -0.3 is 10.2 Å². The van der Waals surface area contributed by atoms with Gasteiger partial charge in [-0.15, -0.1) is 0 Å². The van der Waals surface area contributed by atoms with Crippen molar-refractivity contribution in [3.8, 4) is 0 Å². The molecular formula is C15H24N4O2. The third-order valence-electron chi connectivity index (χ3n) is 4.36. The highest BCUT2D eigenvalue weighted by Crippen LogP contribution is 2.26. The molecule has 0 saturated carbocycles. The van der Waals surface area contributed by atoms with Crippen LogP contribution < -0.4 is 5.32 Å². The van der Waals surface area contributed by atoms with Gasteiger partial charge in [-0.25, -0.2) is 0 Å². The Hall–Kier alpha value is -1.85. The number of piperazine rings is 1. The molecule has 6 nitrogen and oxygen atoms in total. The molecule has 1 N–H and O–H groups in total. The number of aromatic nitrogens is 2. The third kappa shape index (κ3) is 2.80. The van der Waals surface area contributed by atoms with Gasteiger partial charge in [-0.3, -0.25) is 14.3 Å². The monoisotopic (exact) mass is 292 g/mol. The lowest BCUT2D eigenvalue weighted by molar-refractivity contribution is -0.157. The van der Waals surface area contributed by atoms with E-state index in [9.17, 15) is 9.59 Å². The molecule has 1 saturated heterocycles. The molecule has 2 amide bonds. The number of rotatable bonds is 4. The van der Waals surface area contributed by atoms with Gasteiger partial charge in [0.05, 0.1) is 6.20 Å². The summed E-state index contributed by atoms with van der Waals surface area (Å²) < 4.78 is 1.70. The molecule has 2 unspecified atom stereocenters. The van der Waals surface area contributed by atoms with E-state index in [1.54, 1.807) is 29.6 Å². The van der Waals surface area contributed by atoms with E-state index in [0.29, 0.717) is 6.54 Å². The number of carbonyl (C=O) groups is 2. The van der Waals surface area contributed by atoms with Crippen molar-refractivity contribution in [2.24, 2.45) is 13.0 Å². The van der Waals surface area contributed by atoms with Crippen molar-refractivity contribution in [2.75, 3.05) is 0 Å². The Morgan fingerprint density at radius 2 is 2.10 bits per heavy atom. The van der Waals surface area contributed by atoms with Crippen LogP contribution in [0.5, 0.6) is 0 Å². The fraction of sp³-hybridized carbons (Fsp3) is 0.667. The zero-order valence-corrected chi connectivity index (χ0v) is 13.4. The van der Waals surface area contributed by atoms with Crippen LogP contribution in [-0.4, -0.2) is 38.1 Å². The van der Waals surface area contributed by atoms with E-state index in [4.69, 9.17) is 0 Å². The van der Waals surface area contributed by atoms with Gasteiger partial charge in [-0.2, -0.15) is 5.10 Å².